The van der Waals surface area contributed by atoms with E-state index >= 15 is 0 Å². The molecule has 0 heterocycles. The van der Waals surface area contributed by atoms with Crippen LogP contribution in [0.15, 0.2) is 24.3 Å². The van der Waals surface area contributed by atoms with Crippen molar-refractivity contribution in [3.8, 4) is 0 Å². The van der Waals surface area contributed by atoms with E-state index in [4.69, 9.17) is 0 Å². The highest BCUT2D eigenvalue weighted by atomic mass is 16.1. The van der Waals surface area contributed by atoms with E-state index in [-0.39, 0.29) is 11.8 Å². The molecule has 0 unspecified atom stereocenters. The van der Waals surface area contributed by atoms with Gasteiger partial charge in [-0.05, 0) is 17.7 Å². The Bertz CT molecular complexity index is 385. The number of hydrogen-bond acceptors (Lipinski definition) is 3. The fourth-order valence-electron chi connectivity index (χ4n) is 1.62. The number of hydrogen-bond donors (Lipinski definition) is 2. The molecule has 0 saturated heterocycles. The van der Waals surface area contributed by atoms with Gasteiger partial charge in [-0.1, -0.05) is 26.0 Å². The van der Waals surface area contributed by atoms with Gasteiger partial charge in [0.1, 0.15) is 0 Å². The predicted octanol–water partition coefficient (Wildman–Crippen LogP) is 1.61. The predicted molar refractivity (Wildman–Crippen MR) is 80.3 cm³/mol. The van der Waals surface area contributed by atoms with Crippen LogP contribution in [0.3, 0.4) is 0 Å². The lowest BCUT2D eigenvalue weighted by molar-refractivity contribution is -0.123. The first kappa shape index (κ1) is 15.5. The topological polar surface area (TPSA) is 44.4 Å². The second kappa shape index (κ2) is 7.79. The average Bonchev–Trinajstić information content (AvgIpc) is 2.38. The lowest BCUT2D eigenvalue weighted by Crippen LogP contribution is -2.34. The Morgan fingerprint density at radius 1 is 1.16 bits per heavy atom. The summed E-state index contributed by atoms with van der Waals surface area (Å²) >= 11 is 0. The monoisotopic (exact) mass is 263 g/mol. The zero-order valence-corrected chi connectivity index (χ0v) is 12.4. The lowest BCUT2D eigenvalue weighted by atomic mass is 10.2. The van der Waals surface area contributed by atoms with Crippen molar-refractivity contribution < 1.29 is 4.79 Å². The number of nitrogens with one attached hydrogen (secondary N) is 2. The molecule has 0 aliphatic heterocycles. The molecule has 0 radical (unpaired) electrons. The largest absolute Gasteiger partial charge is 0.378 e. The molecule has 0 spiro atoms. The summed E-state index contributed by atoms with van der Waals surface area (Å²) < 4.78 is 0. The van der Waals surface area contributed by atoms with Crippen LogP contribution < -0.4 is 15.5 Å². The van der Waals surface area contributed by atoms with Gasteiger partial charge < -0.3 is 15.5 Å². The maximum absolute atomic E-state index is 11.3. The molecule has 19 heavy (non-hydrogen) atoms. The van der Waals surface area contributed by atoms with E-state index in [1.165, 1.54) is 11.3 Å². The second-order valence-electron chi connectivity index (χ2n) is 5.18. The Morgan fingerprint density at radius 2 is 1.79 bits per heavy atom. The van der Waals surface area contributed by atoms with Crippen LogP contribution >= 0.6 is 0 Å². The van der Waals surface area contributed by atoms with Crippen LogP contribution in [0.1, 0.15) is 19.4 Å². The highest BCUT2D eigenvalue weighted by Gasteiger charge is 2.04. The van der Waals surface area contributed by atoms with Gasteiger partial charge in [0.15, 0.2) is 0 Å². The Kier molecular flexibility index (Phi) is 6.36. The molecule has 0 bridgehead atoms. The molecular formula is C15H25N3O. The molecule has 0 fully saturated rings. The normalized spacial score (nSPS) is 10.6. The van der Waals surface area contributed by atoms with Gasteiger partial charge >= 0.3 is 0 Å². The average molecular weight is 263 g/mol. The van der Waals surface area contributed by atoms with Gasteiger partial charge in [0, 0.05) is 45.3 Å². The Balaban J connectivity index is 2.21. The van der Waals surface area contributed by atoms with E-state index in [1.807, 2.05) is 27.9 Å². The summed E-state index contributed by atoms with van der Waals surface area (Å²) in [6.07, 6.45) is 0. The molecule has 4 nitrogen and oxygen atoms in total. The first-order chi connectivity index (χ1) is 9.00. The summed E-state index contributed by atoms with van der Waals surface area (Å²) in [5.41, 5.74) is 2.45. The number of rotatable bonds is 7. The third-order valence-electron chi connectivity index (χ3n) is 2.91. The molecule has 0 aliphatic carbocycles. The maximum Gasteiger partial charge on any atom is 0.222 e. The number of carbonyl (C=O) groups is 1. The molecule has 106 valence electrons. The molecule has 1 aromatic rings. The van der Waals surface area contributed by atoms with Crippen molar-refractivity contribution in [3.05, 3.63) is 29.8 Å². The van der Waals surface area contributed by atoms with Crippen molar-refractivity contribution in [3.63, 3.8) is 0 Å². The first-order valence-corrected chi connectivity index (χ1v) is 6.75. The summed E-state index contributed by atoms with van der Waals surface area (Å²) in [7, 11) is 4.06. The first-order valence-electron chi connectivity index (χ1n) is 6.75. The van der Waals surface area contributed by atoms with Crippen LogP contribution in [0.5, 0.6) is 0 Å². The summed E-state index contributed by atoms with van der Waals surface area (Å²) in [6, 6.07) is 8.46. The minimum absolute atomic E-state index is 0.0542. The van der Waals surface area contributed by atoms with Gasteiger partial charge in [-0.2, -0.15) is 0 Å². The van der Waals surface area contributed by atoms with Crippen LogP contribution in [-0.4, -0.2) is 33.1 Å². The number of anilines is 1. The third kappa shape index (κ3) is 5.75. The SMILES string of the molecule is CC(C)C(=O)NCCNCc1ccc(N(C)C)cc1. The van der Waals surface area contributed by atoms with Crippen molar-refractivity contribution >= 4 is 11.6 Å². The van der Waals surface area contributed by atoms with Crippen molar-refractivity contribution in [2.45, 2.75) is 20.4 Å². The molecule has 1 aromatic carbocycles. The highest BCUT2D eigenvalue weighted by Crippen LogP contribution is 2.11. The molecule has 2 N–H and O–H groups in total. The minimum atomic E-state index is 0.0542. The standard InChI is InChI=1S/C15H25N3O/c1-12(2)15(19)17-10-9-16-11-13-5-7-14(8-6-13)18(3)4/h5-8,12,16H,9-11H2,1-4H3,(H,17,19). The molecule has 1 amide bonds. The maximum atomic E-state index is 11.3. The lowest BCUT2D eigenvalue weighted by Gasteiger charge is -2.13. The van der Waals surface area contributed by atoms with E-state index in [1.54, 1.807) is 0 Å². The van der Waals surface area contributed by atoms with Gasteiger partial charge in [-0.15, -0.1) is 0 Å². The minimum Gasteiger partial charge on any atom is -0.378 e. The number of benzene rings is 1. The van der Waals surface area contributed by atoms with Crippen molar-refractivity contribution in [2.75, 3.05) is 32.1 Å². The van der Waals surface area contributed by atoms with Gasteiger partial charge in [0.2, 0.25) is 5.91 Å². The van der Waals surface area contributed by atoms with Gasteiger partial charge in [-0.25, -0.2) is 0 Å². The fourth-order valence-corrected chi connectivity index (χ4v) is 1.62. The van der Waals surface area contributed by atoms with Crippen molar-refractivity contribution in [1.82, 2.24) is 10.6 Å². The van der Waals surface area contributed by atoms with Crippen molar-refractivity contribution in [1.29, 1.82) is 0 Å². The molecule has 1 rings (SSSR count). The summed E-state index contributed by atoms with van der Waals surface area (Å²) in [4.78, 5) is 13.4. The number of nitrogens with zero attached hydrogens (tertiary/aromatic N) is 1. The molecule has 4 heteroatoms. The second-order valence-corrected chi connectivity index (χ2v) is 5.18. The fraction of sp³-hybridized carbons (Fsp3) is 0.533. The summed E-state index contributed by atoms with van der Waals surface area (Å²) in [5.74, 6) is 0.163. The van der Waals surface area contributed by atoms with Crippen molar-refractivity contribution in [2.24, 2.45) is 5.92 Å². The zero-order valence-electron chi connectivity index (χ0n) is 12.4. The summed E-state index contributed by atoms with van der Waals surface area (Å²) in [5, 5.41) is 6.20. The Labute approximate surface area is 116 Å². The van der Waals surface area contributed by atoms with E-state index < -0.39 is 0 Å². The van der Waals surface area contributed by atoms with Crippen LogP contribution in [0.25, 0.3) is 0 Å². The molecule has 0 atom stereocenters. The summed E-state index contributed by atoms with van der Waals surface area (Å²) in [6.45, 7) is 6.08. The van der Waals surface area contributed by atoms with Gasteiger partial charge in [0.05, 0.1) is 0 Å². The van der Waals surface area contributed by atoms with Crippen LogP contribution in [0, 0.1) is 5.92 Å². The van der Waals surface area contributed by atoms with Gasteiger partial charge in [0.25, 0.3) is 0 Å². The van der Waals surface area contributed by atoms with Crippen LogP contribution in [-0.2, 0) is 11.3 Å². The van der Waals surface area contributed by atoms with Crippen LogP contribution in [0.2, 0.25) is 0 Å². The quantitative estimate of drug-likeness (QED) is 0.735. The van der Waals surface area contributed by atoms with E-state index in [2.05, 4.69) is 39.8 Å². The van der Waals surface area contributed by atoms with Gasteiger partial charge in [-0.3, -0.25) is 4.79 Å². The Morgan fingerprint density at radius 3 is 2.32 bits per heavy atom. The molecule has 0 aliphatic rings. The van der Waals surface area contributed by atoms with E-state index in [0.29, 0.717) is 6.54 Å². The smallest absolute Gasteiger partial charge is 0.222 e. The highest BCUT2D eigenvalue weighted by molar-refractivity contribution is 5.77. The molecule has 0 aromatic heterocycles. The number of amides is 1. The molecular weight excluding hydrogens is 238 g/mol. The molecule has 0 saturated carbocycles. The Hall–Kier alpha value is -1.55. The number of carbonyl (C=O) groups excluding carboxylic acids is 1. The van der Waals surface area contributed by atoms with E-state index in [9.17, 15) is 4.79 Å². The van der Waals surface area contributed by atoms with E-state index in [0.717, 1.165) is 13.1 Å². The zero-order chi connectivity index (χ0) is 14.3. The van der Waals surface area contributed by atoms with Crippen LogP contribution in [0.4, 0.5) is 5.69 Å². The third-order valence-corrected chi connectivity index (χ3v) is 2.91.